The molecule has 0 radical (unpaired) electrons. The molecule has 2 aliphatic rings. The summed E-state index contributed by atoms with van der Waals surface area (Å²) in [5.41, 5.74) is 2.43. The third-order valence-corrected chi connectivity index (χ3v) is 6.35. The number of hydrogen-bond donors (Lipinski definition) is 1. The third-order valence-electron chi connectivity index (χ3n) is 6.35. The number of fused-ring (bicyclic) bond motifs is 2. The molecule has 0 aliphatic carbocycles. The molecular formula is C24H25N3O3. The number of urea groups is 1. The van der Waals surface area contributed by atoms with Gasteiger partial charge in [-0.25, -0.2) is 4.79 Å². The molecule has 30 heavy (non-hydrogen) atoms. The average molecular weight is 403 g/mol. The summed E-state index contributed by atoms with van der Waals surface area (Å²) in [7, 11) is 2.02. The van der Waals surface area contributed by atoms with E-state index in [1.54, 1.807) is 0 Å². The van der Waals surface area contributed by atoms with Crippen LogP contribution in [0.1, 0.15) is 35.2 Å². The zero-order valence-electron chi connectivity index (χ0n) is 17.1. The number of carbonyl (C=O) groups excluding carboxylic acids is 2. The van der Waals surface area contributed by atoms with Crippen LogP contribution < -0.4 is 10.1 Å². The lowest BCUT2D eigenvalue weighted by Crippen LogP contribution is -2.54. The summed E-state index contributed by atoms with van der Waals surface area (Å²) in [6.07, 6.45) is 3.75. The Balaban J connectivity index is 1.19. The van der Waals surface area contributed by atoms with Crippen molar-refractivity contribution in [1.82, 2.24) is 14.8 Å². The lowest BCUT2D eigenvalue weighted by atomic mass is 9.82. The second-order valence-corrected chi connectivity index (χ2v) is 8.35. The van der Waals surface area contributed by atoms with E-state index in [0.29, 0.717) is 50.2 Å². The molecule has 2 aliphatic heterocycles. The van der Waals surface area contributed by atoms with E-state index in [9.17, 15) is 9.59 Å². The SMILES string of the molecule is Cn1ccc2cc(CNC(=O)N3CCC4(CC3)CC(=O)c3ccccc3O4)ccc21. The first kappa shape index (κ1) is 18.7. The second kappa shape index (κ2) is 7.20. The van der Waals surface area contributed by atoms with Gasteiger partial charge in [0, 0.05) is 51.2 Å². The molecule has 2 aromatic carbocycles. The molecule has 1 N–H and O–H groups in total. The van der Waals surface area contributed by atoms with Crippen LogP contribution in [0.25, 0.3) is 10.9 Å². The molecule has 3 heterocycles. The minimum atomic E-state index is -0.486. The summed E-state index contributed by atoms with van der Waals surface area (Å²) in [6, 6.07) is 15.7. The van der Waals surface area contributed by atoms with Crippen molar-refractivity contribution in [3.8, 4) is 5.75 Å². The van der Waals surface area contributed by atoms with Crippen molar-refractivity contribution in [2.45, 2.75) is 31.4 Å². The van der Waals surface area contributed by atoms with Crippen molar-refractivity contribution in [2.75, 3.05) is 13.1 Å². The van der Waals surface area contributed by atoms with Crippen LogP contribution in [0.4, 0.5) is 4.79 Å². The van der Waals surface area contributed by atoms with Gasteiger partial charge in [-0.3, -0.25) is 4.79 Å². The maximum absolute atomic E-state index is 12.7. The van der Waals surface area contributed by atoms with Crippen LogP contribution in [0.2, 0.25) is 0 Å². The van der Waals surface area contributed by atoms with Gasteiger partial charge >= 0.3 is 6.03 Å². The highest BCUT2D eigenvalue weighted by Crippen LogP contribution is 2.39. The van der Waals surface area contributed by atoms with Crippen LogP contribution in [0.3, 0.4) is 0 Å². The summed E-state index contributed by atoms with van der Waals surface area (Å²) in [5, 5.41) is 4.20. The molecule has 1 fully saturated rings. The second-order valence-electron chi connectivity index (χ2n) is 8.35. The van der Waals surface area contributed by atoms with Crippen molar-refractivity contribution in [1.29, 1.82) is 0 Å². The summed E-state index contributed by atoms with van der Waals surface area (Å²) < 4.78 is 8.33. The molecule has 6 nitrogen and oxygen atoms in total. The molecule has 0 saturated carbocycles. The number of aryl methyl sites for hydroxylation is 1. The standard InChI is InChI=1S/C24H25N3O3/c1-26-11-8-18-14-17(6-7-20(18)26)16-25-23(29)27-12-9-24(10-13-27)15-21(28)19-4-2-3-5-22(19)30-24/h2-8,11,14H,9-10,12-13,15-16H2,1H3,(H,25,29). The van der Waals surface area contributed by atoms with E-state index >= 15 is 0 Å². The van der Waals surface area contributed by atoms with Crippen LogP contribution in [0.5, 0.6) is 5.75 Å². The van der Waals surface area contributed by atoms with Gasteiger partial charge in [0.25, 0.3) is 0 Å². The number of amides is 2. The minimum Gasteiger partial charge on any atom is -0.486 e. The Kier molecular flexibility index (Phi) is 4.50. The van der Waals surface area contributed by atoms with Crippen molar-refractivity contribution >= 4 is 22.7 Å². The van der Waals surface area contributed by atoms with E-state index in [2.05, 4.69) is 28.1 Å². The van der Waals surface area contributed by atoms with E-state index in [1.807, 2.05) is 48.5 Å². The van der Waals surface area contributed by atoms with Gasteiger partial charge in [-0.1, -0.05) is 18.2 Å². The number of rotatable bonds is 2. The number of para-hydroxylation sites is 1. The topological polar surface area (TPSA) is 63.6 Å². The van der Waals surface area contributed by atoms with E-state index in [0.717, 1.165) is 5.56 Å². The van der Waals surface area contributed by atoms with E-state index in [4.69, 9.17) is 4.74 Å². The molecule has 0 bridgehead atoms. The molecule has 1 aromatic heterocycles. The van der Waals surface area contributed by atoms with Crippen LogP contribution in [0.15, 0.2) is 54.7 Å². The van der Waals surface area contributed by atoms with Crippen molar-refractivity contribution in [3.05, 3.63) is 65.9 Å². The predicted molar refractivity (Wildman–Crippen MR) is 115 cm³/mol. The maximum Gasteiger partial charge on any atom is 0.317 e. The van der Waals surface area contributed by atoms with Crippen molar-refractivity contribution in [2.24, 2.45) is 7.05 Å². The molecule has 0 atom stereocenters. The summed E-state index contributed by atoms with van der Waals surface area (Å²) in [5.74, 6) is 0.800. The van der Waals surface area contributed by atoms with E-state index in [-0.39, 0.29) is 11.8 Å². The monoisotopic (exact) mass is 403 g/mol. The highest BCUT2D eigenvalue weighted by molar-refractivity contribution is 6.00. The van der Waals surface area contributed by atoms with Crippen LogP contribution >= 0.6 is 0 Å². The number of benzene rings is 2. The molecule has 0 unspecified atom stereocenters. The molecule has 6 heteroatoms. The Morgan fingerprint density at radius 1 is 1.13 bits per heavy atom. The Morgan fingerprint density at radius 3 is 2.77 bits per heavy atom. The molecule has 154 valence electrons. The van der Waals surface area contributed by atoms with Gasteiger partial charge in [-0.15, -0.1) is 0 Å². The predicted octanol–water partition coefficient (Wildman–Crippen LogP) is 3.89. The van der Waals surface area contributed by atoms with Gasteiger partial charge in [-0.05, 0) is 41.3 Å². The molecule has 2 amide bonds. The maximum atomic E-state index is 12.7. The van der Waals surface area contributed by atoms with Gasteiger partial charge in [0.2, 0.25) is 0 Å². The van der Waals surface area contributed by atoms with Crippen molar-refractivity contribution < 1.29 is 14.3 Å². The van der Waals surface area contributed by atoms with Gasteiger partial charge in [0.05, 0.1) is 12.0 Å². The van der Waals surface area contributed by atoms with Gasteiger partial charge in [0.1, 0.15) is 11.4 Å². The first-order chi connectivity index (χ1) is 14.5. The van der Waals surface area contributed by atoms with Crippen molar-refractivity contribution in [3.63, 3.8) is 0 Å². The molecule has 1 spiro atoms. The molecule has 3 aromatic rings. The summed E-state index contributed by atoms with van der Waals surface area (Å²) in [6.45, 7) is 1.66. The number of ether oxygens (including phenoxy) is 1. The lowest BCUT2D eigenvalue weighted by Gasteiger charge is -2.43. The fourth-order valence-corrected chi connectivity index (χ4v) is 4.57. The molecule has 5 rings (SSSR count). The third kappa shape index (κ3) is 3.32. The number of hydrogen-bond acceptors (Lipinski definition) is 3. The number of nitrogens with one attached hydrogen (secondary N) is 1. The first-order valence-electron chi connectivity index (χ1n) is 10.4. The zero-order chi connectivity index (χ0) is 20.7. The summed E-state index contributed by atoms with van der Waals surface area (Å²) in [4.78, 5) is 27.1. The van der Waals surface area contributed by atoms with E-state index < -0.39 is 5.60 Å². The smallest absolute Gasteiger partial charge is 0.317 e. The zero-order valence-corrected chi connectivity index (χ0v) is 17.1. The highest BCUT2D eigenvalue weighted by Gasteiger charge is 2.43. The Labute approximate surface area is 175 Å². The number of likely N-dealkylation sites (tertiary alicyclic amines) is 1. The fourth-order valence-electron chi connectivity index (χ4n) is 4.57. The molecule has 1 saturated heterocycles. The highest BCUT2D eigenvalue weighted by atomic mass is 16.5. The van der Waals surface area contributed by atoms with Crippen LogP contribution in [-0.4, -0.2) is 40.0 Å². The van der Waals surface area contributed by atoms with E-state index in [1.165, 1.54) is 10.9 Å². The number of aromatic nitrogens is 1. The van der Waals surface area contributed by atoms with Gasteiger partial charge in [0.15, 0.2) is 5.78 Å². The van der Waals surface area contributed by atoms with Gasteiger partial charge in [-0.2, -0.15) is 0 Å². The largest absolute Gasteiger partial charge is 0.486 e. The van der Waals surface area contributed by atoms with Gasteiger partial charge < -0.3 is 19.5 Å². The normalized spacial score (nSPS) is 17.6. The quantitative estimate of drug-likeness (QED) is 0.706. The lowest BCUT2D eigenvalue weighted by molar-refractivity contribution is -0.000698. The average Bonchev–Trinajstić information content (AvgIpc) is 3.13. The number of piperidine rings is 1. The number of carbonyl (C=O) groups is 2. The van der Waals surface area contributed by atoms with Crippen LogP contribution in [-0.2, 0) is 13.6 Å². The fraction of sp³-hybridized carbons (Fsp3) is 0.333. The Bertz CT molecular complexity index is 1130. The Morgan fingerprint density at radius 2 is 1.93 bits per heavy atom. The number of ketones is 1. The Hall–Kier alpha value is -3.28. The molecular weight excluding hydrogens is 378 g/mol. The minimum absolute atomic E-state index is 0.0689. The number of Topliss-reactive ketones (excluding diaryl/α,β-unsaturated/α-hetero) is 1. The number of nitrogens with zero attached hydrogens (tertiary/aromatic N) is 2. The first-order valence-corrected chi connectivity index (χ1v) is 10.4. The van der Waals surface area contributed by atoms with Crippen LogP contribution in [0, 0.1) is 0 Å². The summed E-state index contributed by atoms with van der Waals surface area (Å²) >= 11 is 0.